The van der Waals surface area contributed by atoms with Crippen LogP contribution in [-0.2, 0) is 21.4 Å². The zero-order valence-electron chi connectivity index (χ0n) is 16.8. The lowest BCUT2D eigenvalue weighted by atomic mass is 9.98. The number of sulfonamides is 1. The van der Waals surface area contributed by atoms with E-state index in [1.54, 1.807) is 18.0 Å². The molecule has 2 aromatic rings. The quantitative estimate of drug-likeness (QED) is 0.773. The number of carbonyl (C=O) groups is 1. The van der Waals surface area contributed by atoms with Crippen LogP contribution in [0.2, 0.25) is 0 Å². The van der Waals surface area contributed by atoms with Crippen LogP contribution in [0.15, 0.2) is 53.4 Å². The van der Waals surface area contributed by atoms with Crippen molar-refractivity contribution < 1.29 is 13.2 Å². The Morgan fingerprint density at radius 2 is 1.86 bits per heavy atom. The summed E-state index contributed by atoms with van der Waals surface area (Å²) in [5.74, 6) is -0.299. The maximum atomic E-state index is 13.2. The van der Waals surface area contributed by atoms with Crippen LogP contribution in [0.4, 0.5) is 0 Å². The first kappa shape index (κ1) is 20.6. The van der Waals surface area contributed by atoms with Gasteiger partial charge in [0.05, 0.1) is 10.8 Å². The van der Waals surface area contributed by atoms with Crippen molar-refractivity contribution in [3.8, 4) is 0 Å². The molecule has 1 saturated heterocycles. The Balaban J connectivity index is 1.74. The molecule has 1 atom stereocenters. The van der Waals surface area contributed by atoms with E-state index >= 15 is 0 Å². The standard InChI is InChI=1S/C22H28N2O3S/c1-17-11-12-18(2)21(14-17)28(26,27)24-13-7-10-20(16-24)22(25)23(3)15-19-8-5-4-6-9-19/h4-6,8-9,11-12,14,20H,7,10,13,15-16H2,1-3H3/t20-/m1/s1. The van der Waals surface area contributed by atoms with Gasteiger partial charge in [0.15, 0.2) is 0 Å². The van der Waals surface area contributed by atoms with Crippen LogP contribution < -0.4 is 0 Å². The van der Waals surface area contributed by atoms with Crippen LogP contribution in [0.3, 0.4) is 0 Å². The fourth-order valence-corrected chi connectivity index (χ4v) is 5.57. The van der Waals surface area contributed by atoms with Gasteiger partial charge in [-0.15, -0.1) is 0 Å². The monoisotopic (exact) mass is 400 g/mol. The van der Waals surface area contributed by atoms with E-state index in [2.05, 4.69) is 0 Å². The molecule has 0 aliphatic carbocycles. The number of piperidine rings is 1. The molecule has 1 amide bonds. The smallest absolute Gasteiger partial charge is 0.243 e. The normalized spacial score (nSPS) is 18.0. The Morgan fingerprint density at radius 1 is 1.14 bits per heavy atom. The van der Waals surface area contributed by atoms with Gasteiger partial charge < -0.3 is 4.90 Å². The van der Waals surface area contributed by atoms with E-state index in [-0.39, 0.29) is 18.4 Å². The Labute approximate surface area is 168 Å². The van der Waals surface area contributed by atoms with Crippen LogP contribution in [0.25, 0.3) is 0 Å². The highest BCUT2D eigenvalue weighted by atomic mass is 32.2. The summed E-state index contributed by atoms with van der Waals surface area (Å²) in [6.45, 7) is 4.93. The van der Waals surface area contributed by atoms with Gasteiger partial charge in [-0.25, -0.2) is 8.42 Å². The molecule has 5 nitrogen and oxygen atoms in total. The lowest BCUT2D eigenvalue weighted by Crippen LogP contribution is -2.45. The molecule has 0 unspecified atom stereocenters. The van der Waals surface area contributed by atoms with Crippen molar-refractivity contribution in [1.82, 2.24) is 9.21 Å². The molecule has 3 rings (SSSR count). The molecule has 0 bridgehead atoms. The highest BCUT2D eigenvalue weighted by Gasteiger charge is 2.35. The van der Waals surface area contributed by atoms with Crippen molar-refractivity contribution in [3.63, 3.8) is 0 Å². The van der Waals surface area contributed by atoms with E-state index in [0.29, 0.717) is 24.4 Å². The molecule has 6 heteroatoms. The van der Waals surface area contributed by atoms with E-state index in [0.717, 1.165) is 23.1 Å². The van der Waals surface area contributed by atoms with Crippen LogP contribution in [0, 0.1) is 19.8 Å². The molecule has 1 aliphatic heterocycles. The lowest BCUT2D eigenvalue weighted by Gasteiger charge is -2.33. The highest BCUT2D eigenvalue weighted by Crippen LogP contribution is 2.27. The van der Waals surface area contributed by atoms with Gasteiger partial charge in [0, 0.05) is 26.7 Å². The average Bonchev–Trinajstić information content (AvgIpc) is 2.70. The second-order valence-electron chi connectivity index (χ2n) is 7.65. The van der Waals surface area contributed by atoms with Gasteiger partial charge in [-0.1, -0.05) is 42.5 Å². The summed E-state index contributed by atoms with van der Waals surface area (Å²) in [6.07, 6.45) is 1.41. The molecule has 0 spiro atoms. The third-order valence-corrected chi connectivity index (χ3v) is 7.34. The fourth-order valence-electron chi connectivity index (χ4n) is 3.73. The molecule has 0 saturated carbocycles. The number of benzene rings is 2. The maximum Gasteiger partial charge on any atom is 0.243 e. The van der Waals surface area contributed by atoms with Crippen LogP contribution in [-0.4, -0.2) is 43.7 Å². The zero-order valence-corrected chi connectivity index (χ0v) is 17.6. The predicted octanol–water partition coefficient (Wildman–Crippen LogP) is 3.36. The largest absolute Gasteiger partial charge is 0.341 e. The minimum atomic E-state index is -3.60. The highest BCUT2D eigenvalue weighted by molar-refractivity contribution is 7.89. The molecular formula is C22H28N2O3S. The first-order valence-electron chi connectivity index (χ1n) is 9.65. The van der Waals surface area contributed by atoms with Crippen molar-refractivity contribution >= 4 is 15.9 Å². The minimum Gasteiger partial charge on any atom is -0.341 e. The van der Waals surface area contributed by atoms with E-state index in [9.17, 15) is 13.2 Å². The van der Waals surface area contributed by atoms with Crippen molar-refractivity contribution in [2.24, 2.45) is 5.92 Å². The summed E-state index contributed by atoms with van der Waals surface area (Å²) >= 11 is 0. The Hall–Kier alpha value is -2.18. The number of aryl methyl sites for hydroxylation is 2. The summed E-state index contributed by atoms with van der Waals surface area (Å²) in [5.41, 5.74) is 2.71. The first-order valence-corrected chi connectivity index (χ1v) is 11.1. The molecule has 0 N–H and O–H groups in total. The summed E-state index contributed by atoms with van der Waals surface area (Å²) in [6, 6.07) is 15.3. The van der Waals surface area contributed by atoms with Gasteiger partial charge in [-0.05, 0) is 49.4 Å². The third-order valence-electron chi connectivity index (χ3n) is 5.33. The van der Waals surface area contributed by atoms with Gasteiger partial charge in [0.2, 0.25) is 15.9 Å². The van der Waals surface area contributed by atoms with E-state index < -0.39 is 10.0 Å². The predicted molar refractivity (Wildman–Crippen MR) is 110 cm³/mol. The number of nitrogens with zero attached hydrogens (tertiary/aromatic N) is 2. The average molecular weight is 401 g/mol. The Bertz CT molecular complexity index is 942. The molecule has 1 aliphatic rings. The molecule has 150 valence electrons. The molecule has 2 aromatic carbocycles. The maximum absolute atomic E-state index is 13.2. The first-order chi connectivity index (χ1) is 13.3. The summed E-state index contributed by atoms with van der Waals surface area (Å²) in [4.78, 5) is 15.0. The third kappa shape index (κ3) is 4.45. The molecule has 0 radical (unpaired) electrons. The summed E-state index contributed by atoms with van der Waals surface area (Å²) < 4.78 is 27.9. The molecular weight excluding hydrogens is 372 g/mol. The van der Waals surface area contributed by atoms with Crippen LogP contribution in [0.5, 0.6) is 0 Å². The Kier molecular flexibility index (Phi) is 6.20. The van der Waals surface area contributed by atoms with Crippen LogP contribution in [0.1, 0.15) is 29.5 Å². The van der Waals surface area contributed by atoms with Crippen molar-refractivity contribution in [2.75, 3.05) is 20.1 Å². The lowest BCUT2D eigenvalue weighted by molar-refractivity contribution is -0.135. The number of hydrogen-bond donors (Lipinski definition) is 0. The van der Waals surface area contributed by atoms with Gasteiger partial charge in [0.1, 0.15) is 0 Å². The number of carbonyl (C=O) groups excluding carboxylic acids is 1. The minimum absolute atomic E-state index is 0.00437. The number of hydrogen-bond acceptors (Lipinski definition) is 3. The zero-order chi connectivity index (χ0) is 20.3. The molecule has 1 heterocycles. The molecule has 0 aromatic heterocycles. The van der Waals surface area contributed by atoms with Gasteiger partial charge in [-0.2, -0.15) is 4.31 Å². The Morgan fingerprint density at radius 3 is 2.57 bits per heavy atom. The number of rotatable bonds is 5. The van der Waals surface area contributed by atoms with Crippen molar-refractivity contribution in [2.45, 2.75) is 38.1 Å². The SMILES string of the molecule is Cc1ccc(C)c(S(=O)(=O)N2CCC[C@@H](C(=O)N(C)Cc3ccccc3)C2)c1. The molecule has 1 fully saturated rings. The van der Waals surface area contributed by atoms with E-state index in [4.69, 9.17) is 0 Å². The van der Waals surface area contributed by atoms with Gasteiger partial charge in [-0.3, -0.25) is 4.79 Å². The van der Waals surface area contributed by atoms with E-state index in [1.807, 2.05) is 56.3 Å². The second-order valence-corrected chi connectivity index (χ2v) is 9.56. The van der Waals surface area contributed by atoms with Crippen molar-refractivity contribution in [1.29, 1.82) is 0 Å². The van der Waals surface area contributed by atoms with Crippen LogP contribution >= 0.6 is 0 Å². The fraction of sp³-hybridized carbons (Fsp3) is 0.409. The van der Waals surface area contributed by atoms with Gasteiger partial charge in [0.25, 0.3) is 0 Å². The summed E-state index contributed by atoms with van der Waals surface area (Å²) in [7, 11) is -1.82. The van der Waals surface area contributed by atoms with Crippen molar-refractivity contribution in [3.05, 3.63) is 65.2 Å². The topological polar surface area (TPSA) is 57.7 Å². The number of amides is 1. The second kappa shape index (κ2) is 8.45. The summed E-state index contributed by atoms with van der Waals surface area (Å²) in [5, 5.41) is 0. The molecule has 28 heavy (non-hydrogen) atoms. The van der Waals surface area contributed by atoms with E-state index in [1.165, 1.54) is 4.31 Å². The van der Waals surface area contributed by atoms with Gasteiger partial charge >= 0.3 is 0 Å².